The molecule has 1 aliphatic carbocycles. The molecule has 0 saturated heterocycles. The Morgan fingerprint density at radius 1 is 1.40 bits per heavy atom. The van der Waals surface area contributed by atoms with Crippen LogP contribution in [0.2, 0.25) is 0 Å². The molecule has 3 atom stereocenters. The topological polar surface area (TPSA) is 26.0 Å². The summed E-state index contributed by atoms with van der Waals surface area (Å²) in [6.07, 6.45) is 8.91. The van der Waals surface area contributed by atoms with Crippen LogP contribution in [-0.2, 0) is 0 Å². The van der Waals surface area contributed by atoms with Crippen LogP contribution in [0, 0.1) is 23.7 Å². The van der Waals surface area contributed by atoms with Gasteiger partial charge in [-0.15, -0.1) is 11.8 Å². The first-order chi connectivity index (χ1) is 7.27. The van der Waals surface area contributed by atoms with Crippen molar-refractivity contribution in [2.45, 2.75) is 64.8 Å². The molecule has 1 rings (SSSR count). The molecule has 86 valence electrons. The second-order valence-electron chi connectivity index (χ2n) is 4.83. The van der Waals surface area contributed by atoms with Crippen LogP contribution in [-0.4, -0.2) is 6.04 Å². The Morgan fingerprint density at radius 2 is 2.20 bits per heavy atom. The smallest absolute Gasteiger partial charge is 0.0103 e. The second-order valence-corrected chi connectivity index (χ2v) is 4.83. The molecule has 1 fully saturated rings. The molecule has 0 spiro atoms. The highest BCUT2D eigenvalue weighted by atomic mass is 14.6. The van der Waals surface area contributed by atoms with E-state index < -0.39 is 0 Å². The third kappa shape index (κ3) is 4.26. The van der Waals surface area contributed by atoms with Crippen LogP contribution >= 0.6 is 0 Å². The van der Waals surface area contributed by atoms with E-state index in [4.69, 9.17) is 5.73 Å². The first-order valence-corrected chi connectivity index (χ1v) is 6.43. The summed E-state index contributed by atoms with van der Waals surface area (Å²) in [6, 6.07) is 0.389. The molecule has 2 N–H and O–H groups in total. The Bertz CT molecular complexity index is 223. The van der Waals surface area contributed by atoms with Gasteiger partial charge in [0, 0.05) is 12.5 Å². The van der Waals surface area contributed by atoms with Gasteiger partial charge in [0.25, 0.3) is 0 Å². The monoisotopic (exact) mass is 207 g/mol. The number of nitrogens with two attached hydrogens (primary N) is 1. The van der Waals surface area contributed by atoms with Crippen molar-refractivity contribution in [1.29, 1.82) is 0 Å². The fourth-order valence-electron chi connectivity index (χ4n) is 2.69. The van der Waals surface area contributed by atoms with E-state index in [1.807, 2.05) is 6.92 Å². The molecule has 1 nitrogen and oxygen atoms in total. The predicted octanol–water partition coefficient (Wildman–Crippen LogP) is 3.33. The van der Waals surface area contributed by atoms with Gasteiger partial charge in [-0.2, -0.15) is 0 Å². The maximum atomic E-state index is 6.24. The fraction of sp³-hybridized carbons (Fsp3) is 0.857. The molecule has 0 aromatic heterocycles. The van der Waals surface area contributed by atoms with Gasteiger partial charge >= 0.3 is 0 Å². The molecule has 1 aliphatic rings. The van der Waals surface area contributed by atoms with Crippen LogP contribution in [0.3, 0.4) is 0 Å². The lowest BCUT2D eigenvalue weighted by atomic mass is 9.76. The zero-order valence-electron chi connectivity index (χ0n) is 10.3. The molecule has 1 saturated carbocycles. The Balaban J connectivity index is 2.30. The van der Waals surface area contributed by atoms with Crippen LogP contribution in [0.5, 0.6) is 0 Å². The third-order valence-electron chi connectivity index (χ3n) is 3.79. The summed E-state index contributed by atoms with van der Waals surface area (Å²) in [7, 11) is 0. The fourth-order valence-corrected chi connectivity index (χ4v) is 2.69. The van der Waals surface area contributed by atoms with Crippen molar-refractivity contribution in [3.05, 3.63) is 0 Å². The molecule has 0 amide bonds. The Morgan fingerprint density at radius 3 is 2.87 bits per heavy atom. The summed E-state index contributed by atoms with van der Waals surface area (Å²) >= 11 is 0. The Kier molecular flexibility index (Phi) is 5.79. The molecule has 15 heavy (non-hydrogen) atoms. The molecule has 0 heterocycles. The van der Waals surface area contributed by atoms with Crippen LogP contribution in [0.4, 0.5) is 0 Å². The average molecular weight is 207 g/mol. The van der Waals surface area contributed by atoms with Gasteiger partial charge in [-0.05, 0) is 38.0 Å². The highest BCUT2D eigenvalue weighted by Crippen LogP contribution is 2.33. The quantitative estimate of drug-likeness (QED) is 0.703. The summed E-state index contributed by atoms with van der Waals surface area (Å²) in [5.74, 6) is 7.76. The van der Waals surface area contributed by atoms with Gasteiger partial charge < -0.3 is 5.73 Å². The van der Waals surface area contributed by atoms with Crippen molar-refractivity contribution >= 4 is 0 Å². The third-order valence-corrected chi connectivity index (χ3v) is 3.79. The molecule has 0 aliphatic heterocycles. The first kappa shape index (κ1) is 12.6. The van der Waals surface area contributed by atoms with E-state index in [1.165, 1.54) is 32.1 Å². The molecule has 0 radical (unpaired) electrons. The van der Waals surface area contributed by atoms with Gasteiger partial charge in [0.05, 0.1) is 0 Å². The van der Waals surface area contributed by atoms with E-state index in [2.05, 4.69) is 18.8 Å². The lowest BCUT2D eigenvalue weighted by Crippen LogP contribution is -2.33. The molecule has 0 aromatic carbocycles. The maximum absolute atomic E-state index is 6.24. The molecule has 0 aromatic rings. The molecule has 1 heteroatoms. The minimum atomic E-state index is 0.389. The Labute approximate surface area is 94.8 Å². The van der Waals surface area contributed by atoms with Gasteiger partial charge in [0.2, 0.25) is 0 Å². The Hall–Kier alpha value is -0.480. The maximum Gasteiger partial charge on any atom is 0.0103 e. The van der Waals surface area contributed by atoms with Crippen molar-refractivity contribution in [3.8, 4) is 11.8 Å². The standard InChI is InChI=1S/C14H25N/c1-3-5-6-10-14(15)13-9-7-8-12(4-2)11-13/h12-14H,4,6-11,15H2,1-2H3. The molecular formula is C14H25N. The average Bonchev–Trinajstić information content (AvgIpc) is 2.29. The van der Waals surface area contributed by atoms with Crippen LogP contribution in [0.1, 0.15) is 58.8 Å². The van der Waals surface area contributed by atoms with Crippen molar-refractivity contribution in [1.82, 2.24) is 0 Å². The van der Waals surface area contributed by atoms with E-state index >= 15 is 0 Å². The van der Waals surface area contributed by atoms with Crippen molar-refractivity contribution in [2.24, 2.45) is 17.6 Å². The van der Waals surface area contributed by atoms with Gasteiger partial charge in [-0.1, -0.05) is 26.2 Å². The first-order valence-electron chi connectivity index (χ1n) is 6.43. The SMILES string of the molecule is CC#CCCC(N)C1CCCC(CC)C1. The van der Waals surface area contributed by atoms with Crippen LogP contribution in [0.15, 0.2) is 0 Å². The van der Waals surface area contributed by atoms with Gasteiger partial charge in [0.1, 0.15) is 0 Å². The predicted molar refractivity (Wildman–Crippen MR) is 66.4 cm³/mol. The second kappa shape index (κ2) is 6.90. The van der Waals surface area contributed by atoms with Gasteiger partial charge in [-0.3, -0.25) is 0 Å². The minimum Gasteiger partial charge on any atom is -0.327 e. The minimum absolute atomic E-state index is 0.389. The lowest BCUT2D eigenvalue weighted by Gasteiger charge is -2.32. The number of hydrogen-bond donors (Lipinski definition) is 1. The largest absolute Gasteiger partial charge is 0.327 e. The molecule has 0 bridgehead atoms. The van der Waals surface area contributed by atoms with E-state index in [0.29, 0.717) is 6.04 Å². The van der Waals surface area contributed by atoms with Gasteiger partial charge in [0.15, 0.2) is 0 Å². The number of hydrogen-bond acceptors (Lipinski definition) is 1. The lowest BCUT2D eigenvalue weighted by molar-refractivity contribution is 0.224. The number of rotatable bonds is 4. The zero-order valence-corrected chi connectivity index (χ0v) is 10.3. The van der Waals surface area contributed by atoms with Crippen LogP contribution in [0.25, 0.3) is 0 Å². The van der Waals surface area contributed by atoms with Crippen molar-refractivity contribution in [2.75, 3.05) is 0 Å². The van der Waals surface area contributed by atoms with Crippen molar-refractivity contribution in [3.63, 3.8) is 0 Å². The van der Waals surface area contributed by atoms with E-state index in [9.17, 15) is 0 Å². The summed E-state index contributed by atoms with van der Waals surface area (Å²) in [5, 5.41) is 0. The highest BCUT2D eigenvalue weighted by molar-refractivity contribution is 4.96. The van der Waals surface area contributed by atoms with Crippen molar-refractivity contribution < 1.29 is 0 Å². The van der Waals surface area contributed by atoms with Crippen LogP contribution < -0.4 is 5.73 Å². The van der Waals surface area contributed by atoms with E-state index in [0.717, 1.165) is 24.7 Å². The summed E-state index contributed by atoms with van der Waals surface area (Å²) in [5.41, 5.74) is 6.24. The molecular weight excluding hydrogens is 182 g/mol. The molecule has 3 unspecified atom stereocenters. The van der Waals surface area contributed by atoms with Gasteiger partial charge in [-0.25, -0.2) is 0 Å². The highest BCUT2D eigenvalue weighted by Gasteiger charge is 2.24. The summed E-state index contributed by atoms with van der Waals surface area (Å²) in [4.78, 5) is 0. The summed E-state index contributed by atoms with van der Waals surface area (Å²) < 4.78 is 0. The van der Waals surface area contributed by atoms with E-state index in [-0.39, 0.29) is 0 Å². The zero-order chi connectivity index (χ0) is 11.1. The van der Waals surface area contributed by atoms with E-state index in [1.54, 1.807) is 0 Å². The summed E-state index contributed by atoms with van der Waals surface area (Å²) in [6.45, 7) is 4.21. The normalized spacial score (nSPS) is 27.9.